The van der Waals surface area contributed by atoms with Gasteiger partial charge in [0.1, 0.15) is 12.4 Å². The Morgan fingerprint density at radius 3 is 2.63 bits per heavy atom. The predicted octanol–water partition coefficient (Wildman–Crippen LogP) is 3.33. The molecule has 0 aliphatic heterocycles. The second kappa shape index (κ2) is 8.53. The van der Waals surface area contributed by atoms with Crippen molar-refractivity contribution in [2.24, 2.45) is 11.1 Å². The van der Waals surface area contributed by atoms with Crippen LogP contribution in [-0.4, -0.2) is 30.7 Å². The number of hydrogen-bond acceptors (Lipinski definition) is 4. The lowest BCUT2D eigenvalue weighted by Crippen LogP contribution is -2.12. The zero-order valence-corrected chi connectivity index (χ0v) is 11.9. The molecular weight excluding hydrogens is 242 g/mol. The topological polar surface area (TPSA) is 51.1 Å². The molecule has 0 aliphatic rings. The molecule has 0 aromatic heterocycles. The molecule has 0 bridgehead atoms. The third-order valence-electron chi connectivity index (χ3n) is 2.59. The molecule has 0 heterocycles. The third-order valence-corrected chi connectivity index (χ3v) is 2.59. The first-order chi connectivity index (χ1) is 9.19. The summed E-state index contributed by atoms with van der Waals surface area (Å²) in [4.78, 5) is 0. The van der Waals surface area contributed by atoms with Crippen molar-refractivity contribution in [2.45, 2.75) is 27.2 Å². The fraction of sp³-hybridized carbons (Fsp3) is 0.533. The lowest BCUT2D eigenvalue weighted by molar-refractivity contribution is 0.0818. The summed E-state index contributed by atoms with van der Waals surface area (Å²) >= 11 is 0. The van der Waals surface area contributed by atoms with Crippen LogP contribution in [-0.2, 0) is 4.74 Å². The zero-order valence-electron chi connectivity index (χ0n) is 11.9. The molecule has 0 spiro atoms. The number of ether oxygens (including phenoxy) is 2. The molecule has 0 atom stereocenters. The van der Waals surface area contributed by atoms with Crippen LogP contribution in [0.15, 0.2) is 29.4 Å². The van der Waals surface area contributed by atoms with Gasteiger partial charge in [-0.3, -0.25) is 0 Å². The van der Waals surface area contributed by atoms with E-state index in [2.05, 4.69) is 19.0 Å². The van der Waals surface area contributed by atoms with E-state index in [1.807, 2.05) is 31.2 Å². The molecule has 0 saturated heterocycles. The van der Waals surface area contributed by atoms with E-state index in [0.29, 0.717) is 31.3 Å². The molecule has 0 saturated carbocycles. The molecule has 1 rings (SSSR count). The summed E-state index contributed by atoms with van der Waals surface area (Å²) in [5.74, 6) is 1.26. The Hall–Kier alpha value is -1.55. The van der Waals surface area contributed by atoms with Crippen LogP contribution in [0.5, 0.6) is 5.75 Å². The summed E-state index contributed by atoms with van der Waals surface area (Å²) in [6.45, 7) is 7.96. The van der Waals surface area contributed by atoms with Crippen molar-refractivity contribution in [3.05, 3.63) is 29.8 Å². The van der Waals surface area contributed by atoms with E-state index in [1.165, 1.54) is 0 Å². The van der Waals surface area contributed by atoms with Gasteiger partial charge in [0.2, 0.25) is 0 Å². The summed E-state index contributed by atoms with van der Waals surface area (Å²) in [6, 6.07) is 7.57. The highest BCUT2D eigenvalue weighted by atomic mass is 16.5. The van der Waals surface area contributed by atoms with Crippen LogP contribution in [0.1, 0.15) is 32.8 Å². The molecule has 1 aromatic carbocycles. The highest BCUT2D eigenvalue weighted by Crippen LogP contribution is 2.20. The van der Waals surface area contributed by atoms with Crippen molar-refractivity contribution in [2.75, 3.05) is 19.8 Å². The summed E-state index contributed by atoms with van der Waals surface area (Å²) in [7, 11) is 0. The minimum Gasteiger partial charge on any atom is -0.490 e. The maximum Gasteiger partial charge on any atom is 0.128 e. The van der Waals surface area contributed by atoms with E-state index in [1.54, 1.807) is 0 Å². The van der Waals surface area contributed by atoms with Crippen molar-refractivity contribution in [3.8, 4) is 5.75 Å². The molecule has 0 aliphatic carbocycles. The van der Waals surface area contributed by atoms with Gasteiger partial charge in [-0.1, -0.05) is 38.1 Å². The highest BCUT2D eigenvalue weighted by Gasteiger charge is 2.08. The van der Waals surface area contributed by atoms with Gasteiger partial charge < -0.3 is 14.7 Å². The normalized spacial score (nSPS) is 11.9. The Kier molecular flexibility index (Phi) is 6.97. The number of benzene rings is 1. The molecule has 1 aromatic rings. The largest absolute Gasteiger partial charge is 0.490 e. The SMILES string of the molecule is CC/C(=N/O)c1ccccc1OCCOCC(C)C. The average molecular weight is 265 g/mol. The van der Waals surface area contributed by atoms with E-state index in [9.17, 15) is 0 Å². The lowest BCUT2D eigenvalue weighted by atomic mass is 10.1. The van der Waals surface area contributed by atoms with E-state index >= 15 is 0 Å². The van der Waals surface area contributed by atoms with Crippen LogP contribution in [0.3, 0.4) is 0 Å². The van der Waals surface area contributed by atoms with Gasteiger partial charge >= 0.3 is 0 Å². The van der Waals surface area contributed by atoms with E-state index in [4.69, 9.17) is 14.7 Å². The monoisotopic (exact) mass is 265 g/mol. The van der Waals surface area contributed by atoms with Crippen LogP contribution in [0.2, 0.25) is 0 Å². The van der Waals surface area contributed by atoms with Crippen molar-refractivity contribution < 1.29 is 14.7 Å². The quantitative estimate of drug-likeness (QED) is 0.339. The van der Waals surface area contributed by atoms with Gasteiger partial charge in [0.05, 0.1) is 12.3 Å². The van der Waals surface area contributed by atoms with Crippen LogP contribution >= 0.6 is 0 Å². The number of rotatable bonds is 8. The van der Waals surface area contributed by atoms with Crippen molar-refractivity contribution in [1.29, 1.82) is 0 Å². The summed E-state index contributed by atoms with van der Waals surface area (Å²) in [6.07, 6.45) is 0.653. The minimum atomic E-state index is 0.492. The highest BCUT2D eigenvalue weighted by molar-refractivity contribution is 6.02. The van der Waals surface area contributed by atoms with E-state index in [-0.39, 0.29) is 0 Å². The Morgan fingerprint density at radius 2 is 2.00 bits per heavy atom. The summed E-state index contributed by atoms with van der Waals surface area (Å²) < 4.78 is 11.2. The summed E-state index contributed by atoms with van der Waals surface area (Å²) in [5, 5.41) is 12.3. The van der Waals surface area contributed by atoms with E-state index < -0.39 is 0 Å². The van der Waals surface area contributed by atoms with Crippen LogP contribution in [0.4, 0.5) is 0 Å². The molecule has 106 valence electrons. The average Bonchev–Trinajstić information content (AvgIpc) is 2.41. The fourth-order valence-electron chi connectivity index (χ4n) is 1.68. The molecule has 4 heteroatoms. The molecule has 19 heavy (non-hydrogen) atoms. The fourth-order valence-corrected chi connectivity index (χ4v) is 1.68. The van der Waals surface area contributed by atoms with Crippen LogP contribution in [0.25, 0.3) is 0 Å². The molecule has 0 amide bonds. The lowest BCUT2D eigenvalue weighted by Gasteiger charge is -2.12. The maximum atomic E-state index is 8.98. The van der Waals surface area contributed by atoms with Gasteiger partial charge in [-0.2, -0.15) is 0 Å². The first kappa shape index (κ1) is 15.5. The van der Waals surface area contributed by atoms with E-state index in [0.717, 1.165) is 17.9 Å². The summed E-state index contributed by atoms with van der Waals surface area (Å²) in [5.41, 5.74) is 1.45. The first-order valence-corrected chi connectivity index (χ1v) is 6.69. The Labute approximate surface area is 115 Å². The van der Waals surface area contributed by atoms with Gasteiger partial charge in [0.25, 0.3) is 0 Å². The molecule has 0 fully saturated rings. The van der Waals surface area contributed by atoms with Crippen molar-refractivity contribution in [1.82, 2.24) is 0 Å². The number of para-hydroxylation sites is 1. The standard InChI is InChI=1S/C15H23NO3/c1-4-14(16-17)13-7-5-6-8-15(13)19-10-9-18-11-12(2)3/h5-8,12,17H,4,9-11H2,1-3H3/b16-14-. The molecule has 1 N–H and O–H groups in total. The van der Waals surface area contributed by atoms with Gasteiger partial charge in [-0.05, 0) is 24.5 Å². The van der Waals surface area contributed by atoms with Crippen LogP contribution in [0, 0.1) is 5.92 Å². The van der Waals surface area contributed by atoms with Gasteiger partial charge in [-0.15, -0.1) is 0 Å². The second-order valence-electron chi connectivity index (χ2n) is 4.71. The smallest absolute Gasteiger partial charge is 0.128 e. The van der Waals surface area contributed by atoms with Gasteiger partial charge in [-0.25, -0.2) is 0 Å². The second-order valence-corrected chi connectivity index (χ2v) is 4.71. The molecule has 0 unspecified atom stereocenters. The third kappa shape index (κ3) is 5.30. The predicted molar refractivity (Wildman–Crippen MR) is 76.2 cm³/mol. The number of oxime groups is 1. The van der Waals surface area contributed by atoms with Gasteiger partial charge in [0.15, 0.2) is 0 Å². The van der Waals surface area contributed by atoms with Gasteiger partial charge in [0, 0.05) is 12.2 Å². The molecular formula is C15H23NO3. The van der Waals surface area contributed by atoms with Crippen LogP contribution < -0.4 is 4.74 Å². The number of nitrogens with zero attached hydrogens (tertiary/aromatic N) is 1. The Bertz CT molecular complexity index is 402. The molecule has 0 radical (unpaired) electrons. The van der Waals surface area contributed by atoms with Crippen molar-refractivity contribution >= 4 is 5.71 Å². The Balaban J connectivity index is 2.54. The maximum absolute atomic E-state index is 8.98. The minimum absolute atomic E-state index is 0.492. The molecule has 4 nitrogen and oxygen atoms in total. The van der Waals surface area contributed by atoms with Crippen molar-refractivity contribution in [3.63, 3.8) is 0 Å². The number of hydrogen-bond donors (Lipinski definition) is 1. The first-order valence-electron chi connectivity index (χ1n) is 6.69. The zero-order chi connectivity index (χ0) is 14.1. The Morgan fingerprint density at radius 1 is 1.26 bits per heavy atom.